The van der Waals surface area contributed by atoms with Crippen molar-refractivity contribution >= 4 is 11.9 Å². The molecule has 1 aliphatic heterocycles. The van der Waals surface area contributed by atoms with E-state index in [2.05, 4.69) is 5.10 Å². The average molecular weight is 345 g/mol. The van der Waals surface area contributed by atoms with Gasteiger partial charge >= 0.3 is 5.97 Å². The second-order valence-corrected chi connectivity index (χ2v) is 6.25. The Balaban J connectivity index is 1.48. The van der Waals surface area contributed by atoms with Gasteiger partial charge in [-0.2, -0.15) is 5.10 Å². The zero-order valence-corrected chi connectivity index (χ0v) is 13.8. The molecule has 1 saturated heterocycles. The molecule has 0 saturated carbocycles. The van der Waals surface area contributed by atoms with Crippen LogP contribution in [-0.4, -0.2) is 44.8 Å². The number of benzene rings is 1. The highest BCUT2D eigenvalue weighted by molar-refractivity contribution is 5.86. The maximum atomic E-state index is 12.9. The van der Waals surface area contributed by atoms with Crippen molar-refractivity contribution in [3.63, 3.8) is 0 Å². The number of carbonyl (C=O) groups excluding carboxylic acids is 1. The average Bonchev–Trinajstić information content (AvgIpc) is 3.11. The minimum atomic E-state index is -0.986. The molecule has 7 heteroatoms. The van der Waals surface area contributed by atoms with Crippen LogP contribution in [0.1, 0.15) is 41.2 Å². The van der Waals surface area contributed by atoms with Gasteiger partial charge in [0.1, 0.15) is 5.82 Å². The summed E-state index contributed by atoms with van der Waals surface area (Å²) >= 11 is 0. The molecular weight excluding hydrogens is 325 g/mol. The number of nitrogens with zero attached hydrogens (tertiary/aromatic N) is 3. The number of carbonyl (C=O) groups is 2. The normalized spacial score (nSPS) is 15.3. The van der Waals surface area contributed by atoms with Crippen LogP contribution in [0, 0.1) is 5.82 Å². The monoisotopic (exact) mass is 345 g/mol. The first-order valence-corrected chi connectivity index (χ1v) is 8.32. The molecule has 1 aromatic carbocycles. The summed E-state index contributed by atoms with van der Waals surface area (Å²) in [7, 11) is 0. The molecule has 1 N–H and O–H groups in total. The number of rotatable bonds is 5. The van der Waals surface area contributed by atoms with Crippen molar-refractivity contribution in [2.45, 2.75) is 31.7 Å². The molecule has 1 aliphatic rings. The van der Waals surface area contributed by atoms with E-state index in [-0.39, 0.29) is 23.3 Å². The van der Waals surface area contributed by atoms with E-state index in [1.165, 1.54) is 18.3 Å². The van der Waals surface area contributed by atoms with Crippen molar-refractivity contribution in [1.82, 2.24) is 14.7 Å². The van der Waals surface area contributed by atoms with E-state index >= 15 is 0 Å². The summed E-state index contributed by atoms with van der Waals surface area (Å²) in [6.45, 7) is 1.27. The lowest BCUT2D eigenvalue weighted by Crippen LogP contribution is -2.39. The number of amides is 1. The molecule has 1 aromatic heterocycles. The van der Waals surface area contributed by atoms with Gasteiger partial charge in [-0.1, -0.05) is 12.1 Å². The van der Waals surface area contributed by atoms with Crippen molar-refractivity contribution < 1.29 is 19.1 Å². The molecule has 132 valence electrons. The van der Waals surface area contributed by atoms with Gasteiger partial charge in [-0.3, -0.25) is 9.48 Å². The molecular formula is C18H20FN3O3. The number of halogens is 1. The van der Waals surface area contributed by atoms with Crippen molar-refractivity contribution in [2.24, 2.45) is 0 Å². The number of aromatic carboxylic acids is 1. The van der Waals surface area contributed by atoms with Crippen molar-refractivity contribution in [1.29, 1.82) is 0 Å². The van der Waals surface area contributed by atoms with Crippen LogP contribution in [0.15, 0.2) is 36.7 Å². The van der Waals surface area contributed by atoms with Gasteiger partial charge < -0.3 is 10.0 Å². The third-order valence-corrected chi connectivity index (χ3v) is 4.58. The van der Waals surface area contributed by atoms with E-state index in [1.54, 1.807) is 23.0 Å². The molecule has 1 fully saturated rings. The summed E-state index contributed by atoms with van der Waals surface area (Å²) in [5.41, 5.74) is 1.13. The molecule has 0 unspecified atom stereocenters. The lowest BCUT2D eigenvalue weighted by Gasteiger charge is -2.32. The Morgan fingerprint density at radius 3 is 2.48 bits per heavy atom. The van der Waals surface area contributed by atoms with E-state index in [1.807, 2.05) is 4.90 Å². The standard InChI is InChI=1S/C18H20FN3O3/c19-15-4-1-13(2-5-15)3-6-17(23)21-9-7-16(8-10-21)22-12-14(11-20-22)18(24)25/h1-2,4-5,11-12,16H,3,6-10H2,(H,24,25). The summed E-state index contributed by atoms with van der Waals surface area (Å²) in [4.78, 5) is 25.1. The Hall–Kier alpha value is -2.70. The topological polar surface area (TPSA) is 75.4 Å². The van der Waals surface area contributed by atoms with Crippen LogP contribution < -0.4 is 0 Å². The van der Waals surface area contributed by atoms with E-state index in [0.717, 1.165) is 18.4 Å². The highest BCUT2D eigenvalue weighted by atomic mass is 19.1. The Morgan fingerprint density at radius 2 is 1.88 bits per heavy atom. The Labute approximate surface area is 144 Å². The van der Waals surface area contributed by atoms with Gasteiger partial charge in [0.25, 0.3) is 0 Å². The number of aryl methyl sites for hydroxylation is 1. The predicted molar refractivity (Wildman–Crippen MR) is 88.8 cm³/mol. The lowest BCUT2D eigenvalue weighted by molar-refractivity contribution is -0.132. The first-order chi connectivity index (χ1) is 12.0. The fourth-order valence-electron chi connectivity index (χ4n) is 3.09. The molecule has 6 nitrogen and oxygen atoms in total. The van der Waals surface area contributed by atoms with E-state index in [4.69, 9.17) is 5.11 Å². The Kier molecular flexibility index (Phi) is 5.11. The third-order valence-electron chi connectivity index (χ3n) is 4.58. The van der Waals surface area contributed by atoms with Gasteiger partial charge in [-0.15, -0.1) is 0 Å². The van der Waals surface area contributed by atoms with Gasteiger partial charge in [-0.25, -0.2) is 9.18 Å². The second-order valence-electron chi connectivity index (χ2n) is 6.25. The smallest absolute Gasteiger partial charge is 0.338 e. The highest BCUT2D eigenvalue weighted by Gasteiger charge is 2.24. The summed E-state index contributed by atoms with van der Waals surface area (Å²) in [6.07, 6.45) is 5.40. The van der Waals surface area contributed by atoms with Gasteiger partial charge in [0.15, 0.2) is 0 Å². The molecule has 0 bridgehead atoms. The largest absolute Gasteiger partial charge is 0.478 e. The van der Waals surface area contributed by atoms with Gasteiger partial charge in [-0.05, 0) is 37.0 Å². The maximum Gasteiger partial charge on any atom is 0.338 e. The van der Waals surface area contributed by atoms with Crippen LogP contribution in [-0.2, 0) is 11.2 Å². The van der Waals surface area contributed by atoms with Crippen LogP contribution in [0.2, 0.25) is 0 Å². The summed E-state index contributed by atoms with van der Waals surface area (Å²) < 4.78 is 14.6. The second kappa shape index (κ2) is 7.46. The van der Waals surface area contributed by atoms with Crippen molar-refractivity contribution in [2.75, 3.05) is 13.1 Å². The molecule has 2 aromatic rings. The third kappa shape index (κ3) is 4.23. The Bertz CT molecular complexity index is 749. The minimum Gasteiger partial charge on any atom is -0.478 e. The van der Waals surface area contributed by atoms with E-state index in [0.29, 0.717) is 25.9 Å². The number of aromatic nitrogens is 2. The van der Waals surface area contributed by atoms with E-state index < -0.39 is 5.97 Å². The molecule has 0 atom stereocenters. The van der Waals surface area contributed by atoms with Crippen LogP contribution >= 0.6 is 0 Å². The summed E-state index contributed by atoms with van der Waals surface area (Å²) in [5.74, 6) is -1.17. The lowest BCUT2D eigenvalue weighted by atomic mass is 10.0. The van der Waals surface area contributed by atoms with Gasteiger partial charge in [0.2, 0.25) is 5.91 Å². The predicted octanol–water partition coefficient (Wildman–Crippen LogP) is 2.52. The molecule has 3 rings (SSSR count). The number of piperidine rings is 1. The fraction of sp³-hybridized carbons (Fsp3) is 0.389. The summed E-state index contributed by atoms with van der Waals surface area (Å²) in [5, 5.41) is 13.1. The maximum absolute atomic E-state index is 12.9. The van der Waals surface area contributed by atoms with Crippen LogP contribution in [0.25, 0.3) is 0 Å². The highest BCUT2D eigenvalue weighted by Crippen LogP contribution is 2.23. The zero-order chi connectivity index (χ0) is 17.8. The molecule has 1 amide bonds. The molecule has 2 heterocycles. The van der Waals surface area contributed by atoms with Gasteiger partial charge in [0.05, 0.1) is 17.8 Å². The first-order valence-electron chi connectivity index (χ1n) is 8.32. The van der Waals surface area contributed by atoms with Gasteiger partial charge in [0, 0.05) is 25.7 Å². The van der Waals surface area contributed by atoms with Crippen molar-refractivity contribution in [3.05, 3.63) is 53.6 Å². The number of hydrogen-bond donors (Lipinski definition) is 1. The Morgan fingerprint density at radius 1 is 1.20 bits per heavy atom. The van der Waals surface area contributed by atoms with Crippen LogP contribution in [0.4, 0.5) is 4.39 Å². The number of carboxylic acid groups (broad SMARTS) is 1. The molecule has 0 radical (unpaired) electrons. The summed E-state index contributed by atoms with van der Waals surface area (Å²) in [6, 6.07) is 6.33. The number of hydrogen-bond acceptors (Lipinski definition) is 3. The zero-order valence-electron chi connectivity index (χ0n) is 13.8. The number of carboxylic acids is 1. The molecule has 25 heavy (non-hydrogen) atoms. The van der Waals surface area contributed by atoms with Crippen molar-refractivity contribution in [3.8, 4) is 0 Å². The minimum absolute atomic E-state index is 0.0921. The number of likely N-dealkylation sites (tertiary alicyclic amines) is 1. The SMILES string of the molecule is O=C(O)c1cnn(C2CCN(C(=O)CCc3ccc(F)cc3)CC2)c1. The first kappa shape index (κ1) is 17.1. The molecule has 0 spiro atoms. The fourth-order valence-corrected chi connectivity index (χ4v) is 3.09. The quantitative estimate of drug-likeness (QED) is 0.903. The molecule has 0 aliphatic carbocycles. The van der Waals surface area contributed by atoms with Crippen LogP contribution in [0.5, 0.6) is 0 Å². The van der Waals surface area contributed by atoms with E-state index in [9.17, 15) is 14.0 Å². The van der Waals surface area contributed by atoms with Crippen LogP contribution in [0.3, 0.4) is 0 Å².